The standard InChI is InChI=1S/C5H9ClN2O/c1-4(2)5(6)3-8-9-7/h3,8H,1,7H2,2H3/b5-3+. The van der Waals surface area contributed by atoms with E-state index in [1.165, 1.54) is 6.20 Å². The molecule has 52 valence electrons. The van der Waals surface area contributed by atoms with Gasteiger partial charge in [0.1, 0.15) is 0 Å². The van der Waals surface area contributed by atoms with Crippen LogP contribution in [0.1, 0.15) is 6.92 Å². The first-order valence-electron chi connectivity index (χ1n) is 2.31. The molecule has 9 heavy (non-hydrogen) atoms. The third kappa shape index (κ3) is 4.02. The molecule has 0 heterocycles. The molecule has 0 unspecified atom stereocenters. The van der Waals surface area contributed by atoms with Gasteiger partial charge in [0.25, 0.3) is 0 Å². The molecule has 0 aliphatic carbocycles. The minimum absolute atomic E-state index is 0.487. The largest absolute Gasteiger partial charge is 0.254 e. The van der Waals surface area contributed by atoms with E-state index in [0.717, 1.165) is 5.57 Å². The maximum Gasteiger partial charge on any atom is 0.0610 e. The maximum atomic E-state index is 5.56. The van der Waals surface area contributed by atoms with Crippen molar-refractivity contribution in [2.75, 3.05) is 0 Å². The van der Waals surface area contributed by atoms with Crippen LogP contribution in [-0.2, 0) is 4.94 Å². The van der Waals surface area contributed by atoms with Crippen molar-refractivity contribution >= 4 is 11.6 Å². The van der Waals surface area contributed by atoms with Crippen molar-refractivity contribution in [1.29, 1.82) is 0 Å². The lowest BCUT2D eigenvalue weighted by Crippen LogP contribution is -2.12. The van der Waals surface area contributed by atoms with Crippen LogP contribution in [0.2, 0.25) is 0 Å². The number of allylic oxidation sites excluding steroid dienone is 2. The van der Waals surface area contributed by atoms with Crippen molar-refractivity contribution in [2.45, 2.75) is 6.92 Å². The molecule has 0 saturated carbocycles. The quantitative estimate of drug-likeness (QED) is 0.465. The highest BCUT2D eigenvalue weighted by Gasteiger charge is 1.88. The fraction of sp³-hybridized carbons (Fsp3) is 0.200. The Hall–Kier alpha value is -0.510. The molecular weight excluding hydrogens is 140 g/mol. The SMILES string of the molecule is C=C(C)/C(Cl)=C\NON. The van der Waals surface area contributed by atoms with Crippen LogP contribution in [0.15, 0.2) is 23.4 Å². The highest BCUT2D eigenvalue weighted by molar-refractivity contribution is 6.31. The van der Waals surface area contributed by atoms with E-state index in [9.17, 15) is 0 Å². The maximum absolute atomic E-state index is 5.56. The Morgan fingerprint density at radius 3 is 2.78 bits per heavy atom. The van der Waals surface area contributed by atoms with Crippen LogP contribution in [0, 0.1) is 0 Å². The summed E-state index contributed by atoms with van der Waals surface area (Å²) in [6.45, 7) is 5.35. The van der Waals surface area contributed by atoms with E-state index < -0.39 is 0 Å². The van der Waals surface area contributed by atoms with Gasteiger partial charge in [-0.3, -0.25) is 5.48 Å². The van der Waals surface area contributed by atoms with Gasteiger partial charge in [0.05, 0.1) is 5.03 Å². The summed E-state index contributed by atoms with van der Waals surface area (Å²) in [6.07, 6.45) is 1.41. The second kappa shape index (κ2) is 4.38. The van der Waals surface area contributed by atoms with Crippen molar-refractivity contribution in [1.82, 2.24) is 5.48 Å². The Balaban J connectivity index is 3.69. The van der Waals surface area contributed by atoms with Crippen LogP contribution in [-0.4, -0.2) is 0 Å². The Kier molecular flexibility index (Phi) is 4.13. The van der Waals surface area contributed by atoms with Gasteiger partial charge in [-0.2, -0.15) is 10.8 Å². The molecule has 0 aromatic heterocycles. The predicted octanol–water partition coefficient (Wildman–Crippen LogP) is 1.04. The van der Waals surface area contributed by atoms with Crippen LogP contribution in [0.4, 0.5) is 0 Å². The fourth-order valence-corrected chi connectivity index (χ4v) is 0.253. The van der Waals surface area contributed by atoms with E-state index in [1.54, 1.807) is 6.92 Å². The Bertz CT molecular complexity index is 133. The second-order valence-corrected chi connectivity index (χ2v) is 1.92. The molecule has 0 atom stereocenters. The zero-order chi connectivity index (χ0) is 7.28. The molecule has 0 bridgehead atoms. The van der Waals surface area contributed by atoms with E-state index >= 15 is 0 Å². The van der Waals surface area contributed by atoms with Gasteiger partial charge in [-0.05, 0) is 12.5 Å². The summed E-state index contributed by atoms with van der Waals surface area (Å²) in [5.41, 5.74) is 3.00. The lowest BCUT2D eigenvalue weighted by atomic mass is 10.3. The molecule has 0 amide bonds. The lowest BCUT2D eigenvalue weighted by Gasteiger charge is -1.95. The number of nitrogens with two attached hydrogens (primary N) is 1. The molecule has 0 spiro atoms. The summed E-state index contributed by atoms with van der Waals surface area (Å²) in [6, 6.07) is 0. The van der Waals surface area contributed by atoms with Gasteiger partial charge in [0, 0.05) is 6.20 Å². The van der Waals surface area contributed by atoms with Crippen molar-refractivity contribution in [3.05, 3.63) is 23.4 Å². The summed E-state index contributed by atoms with van der Waals surface area (Å²) in [7, 11) is 0. The van der Waals surface area contributed by atoms with Crippen molar-refractivity contribution in [3.8, 4) is 0 Å². The predicted molar refractivity (Wildman–Crippen MR) is 37.2 cm³/mol. The van der Waals surface area contributed by atoms with E-state index in [2.05, 4.69) is 22.9 Å². The summed E-state index contributed by atoms with van der Waals surface area (Å²) in [5.74, 6) is 4.63. The summed E-state index contributed by atoms with van der Waals surface area (Å²) in [4.78, 5) is 4.01. The normalized spacial score (nSPS) is 11.2. The zero-order valence-electron chi connectivity index (χ0n) is 5.15. The van der Waals surface area contributed by atoms with Gasteiger partial charge in [0.15, 0.2) is 0 Å². The van der Waals surface area contributed by atoms with Gasteiger partial charge in [0.2, 0.25) is 0 Å². The smallest absolute Gasteiger partial charge is 0.0610 e. The molecule has 0 aliphatic rings. The number of hydroxylamine groups is 1. The topological polar surface area (TPSA) is 47.3 Å². The third-order valence-electron chi connectivity index (χ3n) is 0.661. The van der Waals surface area contributed by atoms with Crippen LogP contribution in [0.25, 0.3) is 0 Å². The van der Waals surface area contributed by atoms with Gasteiger partial charge < -0.3 is 0 Å². The number of halogens is 1. The van der Waals surface area contributed by atoms with Crippen LogP contribution < -0.4 is 11.4 Å². The van der Waals surface area contributed by atoms with E-state index in [-0.39, 0.29) is 0 Å². The summed E-state index contributed by atoms with van der Waals surface area (Å²) < 4.78 is 0. The van der Waals surface area contributed by atoms with Crippen molar-refractivity contribution < 1.29 is 4.94 Å². The first kappa shape index (κ1) is 8.49. The third-order valence-corrected chi connectivity index (χ3v) is 1.09. The Morgan fingerprint density at radius 1 is 1.89 bits per heavy atom. The van der Waals surface area contributed by atoms with Crippen molar-refractivity contribution in [3.63, 3.8) is 0 Å². The molecule has 0 aromatic rings. The van der Waals surface area contributed by atoms with Crippen LogP contribution in [0.3, 0.4) is 0 Å². The average Bonchev–Trinajstić information content (AvgIpc) is 1.82. The van der Waals surface area contributed by atoms with Gasteiger partial charge in [-0.25, -0.2) is 0 Å². The summed E-state index contributed by atoms with van der Waals surface area (Å²) >= 11 is 5.56. The highest BCUT2D eigenvalue weighted by Crippen LogP contribution is 2.08. The lowest BCUT2D eigenvalue weighted by molar-refractivity contribution is 0.0720. The zero-order valence-corrected chi connectivity index (χ0v) is 5.90. The molecular formula is C5H9ClN2O. The van der Waals surface area contributed by atoms with E-state index in [1.807, 2.05) is 0 Å². The van der Waals surface area contributed by atoms with Gasteiger partial charge in [-0.15, -0.1) is 0 Å². The molecule has 4 heteroatoms. The van der Waals surface area contributed by atoms with Gasteiger partial charge >= 0.3 is 0 Å². The Morgan fingerprint density at radius 2 is 2.44 bits per heavy atom. The van der Waals surface area contributed by atoms with Crippen LogP contribution in [0.5, 0.6) is 0 Å². The second-order valence-electron chi connectivity index (χ2n) is 1.51. The summed E-state index contributed by atoms with van der Waals surface area (Å²) in [5, 5.41) is 0.487. The Labute approximate surface area is 59.0 Å². The molecule has 0 saturated heterocycles. The highest BCUT2D eigenvalue weighted by atomic mass is 35.5. The molecule has 0 aromatic carbocycles. The molecule has 0 radical (unpaired) electrons. The first-order chi connectivity index (χ1) is 4.18. The van der Waals surface area contributed by atoms with Crippen molar-refractivity contribution in [2.24, 2.45) is 5.90 Å². The number of rotatable bonds is 3. The molecule has 0 rings (SSSR count). The fourth-order valence-electron chi connectivity index (χ4n) is 0.209. The molecule has 3 N–H and O–H groups in total. The van der Waals surface area contributed by atoms with Gasteiger partial charge in [-0.1, -0.05) is 18.2 Å². The monoisotopic (exact) mass is 148 g/mol. The minimum atomic E-state index is 0.487. The first-order valence-corrected chi connectivity index (χ1v) is 2.69. The molecule has 3 nitrogen and oxygen atoms in total. The number of hydrogen-bond donors (Lipinski definition) is 2. The number of nitrogens with one attached hydrogen (secondary N) is 1. The van der Waals surface area contributed by atoms with Crippen LogP contribution >= 0.6 is 11.6 Å². The minimum Gasteiger partial charge on any atom is -0.254 e. The van der Waals surface area contributed by atoms with E-state index in [0.29, 0.717) is 5.03 Å². The molecule has 0 fully saturated rings. The molecule has 0 aliphatic heterocycles. The average molecular weight is 149 g/mol. The number of hydrogen-bond acceptors (Lipinski definition) is 3. The van der Waals surface area contributed by atoms with E-state index in [4.69, 9.17) is 11.6 Å².